The first-order valence-electron chi connectivity index (χ1n) is 6.98. The van der Waals surface area contributed by atoms with E-state index in [2.05, 4.69) is 14.8 Å². The van der Waals surface area contributed by atoms with Crippen LogP contribution in [0.3, 0.4) is 0 Å². The number of β-amino-alcohol motifs (C(OH)–C–C–N with tert-alkyl or cyclic N) is 1. The summed E-state index contributed by atoms with van der Waals surface area (Å²) in [5.41, 5.74) is -0.0316. The van der Waals surface area contributed by atoms with Gasteiger partial charge in [0.1, 0.15) is 5.82 Å². The van der Waals surface area contributed by atoms with Crippen LogP contribution in [0.25, 0.3) is 10.8 Å². The molecular formula is C15H19N3O2. The predicted molar refractivity (Wildman–Crippen MR) is 80.3 cm³/mol. The number of nitrogens with one attached hydrogen (secondary N) is 1. The van der Waals surface area contributed by atoms with Crippen LogP contribution < -0.4 is 10.5 Å². The minimum atomic E-state index is -0.0316. The van der Waals surface area contributed by atoms with Gasteiger partial charge in [-0.3, -0.25) is 9.69 Å². The second-order valence-electron chi connectivity index (χ2n) is 5.12. The van der Waals surface area contributed by atoms with Gasteiger partial charge in [-0.15, -0.1) is 0 Å². The van der Waals surface area contributed by atoms with Crippen molar-refractivity contribution in [1.29, 1.82) is 0 Å². The van der Waals surface area contributed by atoms with Crippen LogP contribution in [0.2, 0.25) is 0 Å². The lowest BCUT2D eigenvalue weighted by Gasteiger charge is -2.35. The average Bonchev–Trinajstić information content (AvgIpc) is 2.48. The van der Waals surface area contributed by atoms with E-state index in [9.17, 15) is 4.79 Å². The molecule has 1 aromatic carbocycles. The van der Waals surface area contributed by atoms with Crippen molar-refractivity contribution >= 4 is 16.6 Å². The van der Waals surface area contributed by atoms with Gasteiger partial charge in [-0.05, 0) is 17.5 Å². The van der Waals surface area contributed by atoms with Crippen molar-refractivity contribution in [2.75, 3.05) is 44.2 Å². The smallest absolute Gasteiger partial charge is 0.257 e. The molecule has 0 saturated carbocycles. The number of pyridine rings is 1. The van der Waals surface area contributed by atoms with Gasteiger partial charge in [0, 0.05) is 38.1 Å². The number of anilines is 1. The number of nitrogens with zero attached hydrogens (tertiary/aromatic N) is 2. The lowest BCUT2D eigenvalue weighted by atomic mass is 10.1. The van der Waals surface area contributed by atoms with Crippen molar-refractivity contribution in [3.63, 3.8) is 0 Å². The maximum atomic E-state index is 12.1. The monoisotopic (exact) mass is 273 g/mol. The molecule has 5 nitrogen and oxygen atoms in total. The van der Waals surface area contributed by atoms with E-state index in [0.29, 0.717) is 0 Å². The summed E-state index contributed by atoms with van der Waals surface area (Å²) in [5, 5.41) is 10.7. The number of benzene rings is 1. The van der Waals surface area contributed by atoms with Crippen molar-refractivity contribution in [2.24, 2.45) is 0 Å². The highest BCUT2D eigenvalue weighted by Crippen LogP contribution is 2.17. The fourth-order valence-electron chi connectivity index (χ4n) is 2.72. The molecule has 2 heterocycles. The molecule has 106 valence electrons. The van der Waals surface area contributed by atoms with E-state index in [1.165, 1.54) is 0 Å². The van der Waals surface area contributed by atoms with Gasteiger partial charge >= 0.3 is 0 Å². The maximum Gasteiger partial charge on any atom is 0.257 e. The fourth-order valence-corrected chi connectivity index (χ4v) is 2.72. The molecular weight excluding hydrogens is 254 g/mol. The fraction of sp³-hybridized carbons (Fsp3) is 0.400. The Hall–Kier alpha value is -1.85. The molecule has 2 aromatic rings. The standard InChI is InChI=1S/C15H19N3O2/c19-10-9-17-5-7-18(8-6-17)14-11-12-3-1-2-4-13(12)15(20)16-14/h1-4,11,19H,5-10H2,(H,16,20). The molecule has 0 bridgehead atoms. The predicted octanol–water partition coefficient (Wildman–Crippen LogP) is 0.642. The minimum absolute atomic E-state index is 0.0316. The summed E-state index contributed by atoms with van der Waals surface area (Å²) in [6, 6.07) is 9.68. The Morgan fingerprint density at radius 1 is 1.15 bits per heavy atom. The number of piperazine rings is 1. The van der Waals surface area contributed by atoms with Gasteiger partial charge in [-0.25, -0.2) is 0 Å². The van der Waals surface area contributed by atoms with Gasteiger partial charge in [0.25, 0.3) is 5.56 Å². The number of rotatable bonds is 3. The average molecular weight is 273 g/mol. The zero-order chi connectivity index (χ0) is 13.9. The van der Waals surface area contributed by atoms with Crippen molar-refractivity contribution in [3.05, 3.63) is 40.7 Å². The number of aromatic nitrogens is 1. The molecule has 0 spiro atoms. The highest BCUT2D eigenvalue weighted by Gasteiger charge is 2.17. The van der Waals surface area contributed by atoms with Crippen LogP contribution in [0.1, 0.15) is 0 Å². The molecule has 3 rings (SSSR count). The van der Waals surface area contributed by atoms with Crippen LogP contribution in [0.4, 0.5) is 5.82 Å². The van der Waals surface area contributed by atoms with E-state index in [0.717, 1.165) is 49.3 Å². The van der Waals surface area contributed by atoms with Crippen molar-refractivity contribution in [2.45, 2.75) is 0 Å². The highest BCUT2D eigenvalue weighted by atomic mass is 16.3. The number of aliphatic hydroxyl groups excluding tert-OH is 1. The molecule has 1 aromatic heterocycles. The summed E-state index contributed by atoms with van der Waals surface area (Å²) in [7, 11) is 0. The number of H-pyrrole nitrogens is 1. The first-order chi connectivity index (χ1) is 9.78. The van der Waals surface area contributed by atoms with Crippen molar-refractivity contribution < 1.29 is 5.11 Å². The number of fused-ring (bicyclic) bond motifs is 1. The molecule has 1 fully saturated rings. The zero-order valence-electron chi connectivity index (χ0n) is 11.4. The van der Waals surface area contributed by atoms with E-state index in [1.807, 2.05) is 30.3 Å². The minimum Gasteiger partial charge on any atom is -0.395 e. The van der Waals surface area contributed by atoms with Crippen LogP contribution in [0.5, 0.6) is 0 Å². The third kappa shape index (κ3) is 2.55. The van der Waals surface area contributed by atoms with Crippen molar-refractivity contribution in [1.82, 2.24) is 9.88 Å². The molecule has 0 radical (unpaired) electrons. The summed E-state index contributed by atoms with van der Waals surface area (Å²) in [6.45, 7) is 4.49. The van der Waals surface area contributed by atoms with Gasteiger partial charge in [0.2, 0.25) is 0 Å². The van der Waals surface area contributed by atoms with E-state index in [1.54, 1.807) is 0 Å². The van der Waals surface area contributed by atoms with Gasteiger partial charge in [-0.1, -0.05) is 18.2 Å². The normalized spacial score (nSPS) is 16.8. The molecule has 0 aliphatic carbocycles. The number of hydrogen-bond acceptors (Lipinski definition) is 4. The highest BCUT2D eigenvalue weighted by molar-refractivity contribution is 5.83. The van der Waals surface area contributed by atoms with E-state index < -0.39 is 0 Å². The van der Waals surface area contributed by atoms with E-state index >= 15 is 0 Å². The summed E-state index contributed by atoms with van der Waals surface area (Å²) >= 11 is 0. The largest absolute Gasteiger partial charge is 0.395 e. The summed E-state index contributed by atoms with van der Waals surface area (Å²) in [4.78, 5) is 19.5. The second kappa shape index (κ2) is 5.64. The van der Waals surface area contributed by atoms with Gasteiger partial charge < -0.3 is 15.0 Å². The first kappa shape index (κ1) is 13.1. The van der Waals surface area contributed by atoms with Gasteiger partial charge in [0.05, 0.1) is 6.61 Å². The molecule has 1 aliphatic heterocycles. The van der Waals surface area contributed by atoms with Crippen molar-refractivity contribution in [3.8, 4) is 0 Å². The Balaban J connectivity index is 1.83. The third-order valence-electron chi connectivity index (χ3n) is 3.87. The lowest BCUT2D eigenvalue weighted by Crippen LogP contribution is -2.47. The number of hydrogen-bond donors (Lipinski definition) is 2. The third-order valence-corrected chi connectivity index (χ3v) is 3.87. The Labute approximate surface area is 117 Å². The molecule has 0 atom stereocenters. The zero-order valence-corrected chi connectivity index (χ0v) is 11.4. The van der Waals surface area contributed by atoms with Crippen LogP contribution >= 0.6 is 0 Å². The summed E-state index contributed by atoms with van der Waals surface area (Å²) < 4.78 is 0. The Morgan fingerprint density at radius 3 is 2.65 bits per heavy atom. The Bertz CT molecular complexity index is 645. The molecule has 1 saturated heterocycles. The molecule has 5 heteroatoms. The second-order valence-corrected chi connectivity index (χ2v) is 5.12. The molecule has 0 amide bonds. The molecule has 2 N–H and O–H groups in total. The van der Waals surface area contributed by atoms with Crippen LogP contribution in [-0.4, -0.2) is 54.3 Å². The maximum absolute atomic E-state index is 12.1. The van der Waals surface area contributed by atoms with Crippen LogP contribution in [0.15, 0.2) is 35.1 Å². The first-order valence-corrected chi connectivity index (χ1v) is 6.98. The summed E-state index contributed by atoms with van der Waals surface area (Å²) in [6.07, 6.45) is 0. The molecule has 20 heavy (non-hydrogen) atoms. The van der Waals surface area contributed by atoms with Gasteiger partial charge in [0.15, 0.2) is 0 Å². The van der Waals surface area contributed by atoms with E-state index in [-0.39, 0.29) is 12.2 Å². The lowest BCUT2D eigenvalue weighted by molar-refractivity contribution is 0.188. The van der Waals surface area contributed by atoms with Crippen LogP contribution in [0, 0.1) is 0 Å². The summed E-state index contributed by atoms with van der Waals surface area (Å²) in [5.74, 6) is 0.886. The van der Waals surface area contributed by atoms with E-state index in [4.69, 9.17) is 5.11 Å². The van der Waals surface area contributed by atoms with Crippen LogP contribution in [-0.2, 0) is 0 Å². The topological polar surface area (TPSA) is 59.6 Å². The number of aromatic amines is 1. The Kier molecular flexibility index (Phi) is 3.71. The molecule has 0 unspecified atom stereocenters. The Morgan fingerprint density at radius 2 is 1.90 bits per heavy atom. The molecule has 1 aliphatic rings. The SMILES string of the molecule is O=c1[nH]c(N2CCN(CCO)CC2)cc2ccccc12. The van der Waals surface area contributed by atoms with Gasteiger partial charge in [-0.2, -0.15) is 0 Å². The number of aliphatic hydroxyl groups is 1. The quantitative estimate of drug-likeness (QED) is 0.862.